The summed E-state index contributed by atoms with van der Waals surface area (Å²) in [6, 6.07) is 13.2. The quantitative estimate of drug-likeness (QED) is 0.537. The average molecular weight is 340 g/mol. The number of methoxy groups -OCH3 is 1. The van der Waals surface area contributed by atoms with Gasteiger partial charge in [-0.05, 0) is 31.2 Å². The van der Waals surface area contributed by atoms with E-state index in [0.717, 1.165) is 5.69 Å². The Morgan fingerprint density at radius 2 is 1.88 bits per heavy atom. The van der Waals surface area contributed by atoms with Gasteiger partial charge in [0.2, 0.25) is 11.8 Å². The molecule has 0 spiro atoms. The summed E-state index contributed by atoms with van der Waals surface area (Å²) in [5.74, 6) is 1.42. The zero-order valence-corrected chi connectivity index (χ0v) is 13.7. The standard InChI is InChI=1S/C17H16N4O4/c1-11(18-14-5-3-4-6-15(14)24-2)16-19-20-17(25-16)12-7-9-13(10-8-12)21(22)23/h3-11,18H,1-2H3/t11-/m0/s1. The normalized spacial score (nSPS) is 11.8. The molecule has 1 aromatic heterocycles. The number of anilines is 1. The Kier molecular flexibility index (Phi) is 4.60. The lowest BCUT2D eigenvalue weighted by Crippen LogP contribution is -2.08. The summed E-state index contributed by atoms with van der Waals surface area (Å²) in [7, 11) is 1.60. The Morgan fingerprint density at radius 1 is 1.16 bits per heavy atom. The number of para-hydroxylation sites is 2. The number of nitro groups is 1. The van der Waals surface area contributed by atoms with Gasteiger partial charge in [0, 0.05) is 17.7 Å². The fraction of sp³-hybridized carbons (Fsp3) is 0.176. The highest BCUT2D eigenvalue weighted by atomic mass is 16.6. The van der Waals surface area contributed by atoms with Gasteiger partial charge in [-0.25, -0.2) is 0 Å². The van der Waals surface area contributed by atoms with Crippen LogP contribution in [0.5, 0.6) is 5.75 Å². The number of benzene rings is 2. The molecule has 0 unspecified atom stereocenters. The van der Waals surface area contributed by atoms with E-state index in [1.54, 1.807) is 19.2 Å². The molecule has 3 aromatic rings. The van der Waals surface area contributed by atoms with Crippen LogP contribution in [0.1, 0.15) is 18.9 Å². The molecule has 0 aliphatic heterocycles. The molecular weight excluding hydrogens is 324 g/mol. The summed E-state index contributed by atoms with van der Waals surface area (Å²) in [6.45, 7) is 1.89. The molecule has 3 rings (SSSR count). The summed E-state index contributed by atoms with van der Waals surface area (Å²) in [5, 5.41) is 22.0. The van der Waals surface area contributed by atoms with Crippen molar-refractivity contribution in [3.05, 3.63) is 64.5 Å². The maximum atomic E-state index is 10.7. The third kappa shape index (κ3) is 3.57. The monoisotopic (exact) mass is 340 g/mol. The van der Waals surface area contributed by atoms with Crippen molar-refractivity contribution in [2.45, 2.75) is 13.0 Å². The number of ether oxygens (including phenoxy) is 1. The third-order valence-electron chi connectivity index (χ3n) is 3.62. The number of nitro benzene ring substituents is 1. The van der Waals surface area contributed by atoms with E-state index < -0.39 is 4.92 Å². The van der Waals surface area contributed by atoms with E-state index in [2.05, 4.69) is 15.5 Å². The van der Waals surface area contributed by atoms with Crippen LogP contribution in [-0.4, -0.2) is 22.2 Å². The summed E-state index contributed by atoms with van der Waals surface area (Å²) in [5.41, 5.74) is 1.44. The molecule has 0 radical (unpaired) electrons. The lowest BCUT2D eigenvalue weighted by molar-refractivity contribution is -0.384. The van der Waals surface area contributed by atoms with Gasteiger partial charge in [0.05, 0.1) is 17.7 Å². The second-order valence-corrected chi connectivity index (χ2v) is 5.32. The minimum Gasteiger partial charge on any atom is -0.495 e. The van der Waals surface area contributed by atoms with E-state index in [1.165, 1.54) is 12.1 Å². The van der Waals surface area contributed by atoms with Gasteiger partial charge in [-0.2, -0.15) is 0 Å². The molecule has 1 N–H and O–H groups in total. The highest BCUT2D eigenvalue weighted by Gasteiger charge is 2.17. The SMILES string of the molecule is COc1ccccc1N[C@@H](C)c1nnc(-c2ccc([N+](=O)[O-])cc2)o1. The van der Waals surface area contributed by atoms with Crippen LogP contribution in [0.3, 0.4) is 0 Å². The Hall–Kier alpha value is -3.42. The number of nitrogens with one attached hydrogen (secondary N) is 1. The third-order valence-corrected chi connectivity index (χ3v) is 3.62. The summed E-state index contributed by atoms with van der Waals surface area (Å²) >= 11 is 0. The van der Waals surface area contributed by atoms with Crippen molar-refractivity contribution in [1.29, 1.82) is 0 Å². The van der Waals surface area contributed by atoms with Crippen molar-refractivity contribution in [1.82, 2.24) is 10.2 Å². The van der Waals surface area contributed by atoms with Crippen LogP contribution in [0.2, 0.25) is 0 Å². The average Bonchev–Trinajstić information content (AvgIpc) is 3.12. The number of nitrogens with zero attached hydrogens (tertiary/aromatic N) is 3. The Labute approximate surface area is 143 Å². The molecule has 25 heavy (non-hydrogen) atoms. The minimum absolute atomic E-state index is 0.00898. The van der Waals surface area contributed by atoms with Gasteiger partial charge >= 0.3 is 0 Å². The Morgan fingerprint density at radius 3 is 2.56 bits per heavy atom. The van der Waals surface area contributed by atoms with Gasteiger partial charge in [-0.1, -0.05) is 12.1 Å². The maximum absolute atomic E-state index is 10.7. The summed E-state index contributed by atoms with van der Waals surface area (Å²) in [4.78, 5) is 10.2. The highest BCUT2D eigenvalue weighted by Crippen LogP contribution is 2.28. The molecule has 1 heterocycles. The van der Waals surface area contributed by atoms with Gasteiger partial charge in [-0.15, -0.1) is 10.2 Å². The van der Waals surface area contributed by atoms with Gasteiger partial charge in [0.1, 0.15) is 11.8 Å². The van der Waals surface area contributed by atoms with Crippen molar-refractivity contribution in [3.8, 4) is 17.2 Å². The molecule has 1 atom stereocenters. The van der Waals surface area contributed by atoms with Crippen LogP contribution in [0.4, 0.5) is 11.4 Å². The first-order valence-corrected chi connectivity index (χ1v) is 7.56. The molecule has 8 nitrogen and oxygen atoms in total. The predicted molar refractivity (Wildman–Crippen MR) is 91.4 cm³/mol. The van der Waals surface area contributed by atoms with Crippen LogP contribution in [0.15, 0.2) is 52.9 Å². The van der Waals surface area contributed by atoms with Crippen molar-refractivity contribution < 1.29 is 14.1 Å². The number of non-ortho nitro benzene ring substituents is 1. The second kappa shape index (κ2) is 7.00. The molecule has 0 fully saturated rings. The number of hydrogen-bond donors (Lipinski definition) is 1. The van der Waals surface area contributed by atoms with Crippen LogP contribution >= 0.6 is 0 Å². The lowest BCUT2D eigenvalue weighted by Gasteiger charge is -2.14. The number of hydrogen-bond acceptors (Lipinski definition) is 7. The Balaban J connectivity index is 1.77. The lowest BCUT2D eigenvalue weighted by atomic mass is 10.2. The molecule has 0 aliphatic carbocycles. The summed E-state index contributed by atoms with van der Waals surface area (Å²) in [6.07, 6.45) is 0. The minimum atomic E-state index is -0.456. The van der Waals surface area contributed by atoms with Gasteiger partial charge < -0.3 is 14.5 Å². The molecule has 128 valence electrons. The zero-order valence-electron chi connectivity index (χ0n) is 13.7. The van der Waals surface area contributed by atoms with E-state index in [0.29, 0.717) is 23.1 Å². The van der Waals surface area contributed by atoms with E-state index in [9.17, 15) is 10.1 Å². The second-order valence-electron chi connectivity index (χ2n) is 5.32. The topological polar surface area (TPSA) is 103 Å². The predicted octanol–water partition coefficient (Wildman–Crippen LogP) is 3.83. The number of rotatable bonds is 6. The molecule has 0 amide bonds. The maximum Gasteiger partial charge on any atom is 0.269 e. The highest BCUT2D eigenvalue weighted by molar-refractivity contribution is 5.57. The van der Waals surface area contributed by atoms with Crippen LogP contribution in [0.25, 0.3) is 11.5 Å². The van der Waals surface area contributed by atoms with Crippen LogP contribution in [0, 0.1) is 10.1 Å². The smallest absolute Gasteiger partial charge is 0.269 e. The molecule has 0 aliphatic rings. The fourth-order valence-corrected chi connectivity index (χ4v) is 2.31. The van der Waals surface area contributed by atoms with E-state index in [4.69, 9.17) is 9.15 Å². The van der Waals surface area contributed by atoms with Crippen LogP contribution < -0.4 is 10.1 Å². The first kappa shape index (κ1) is 16.4. The van der Waals surface area contributed by atoms with Crippen LogP contribution in [-0.2, 0) is 0 Å². The van der Waals surface area contributed by atoms with Gasteiger partial charge in [-0.3, -0.25) is 10.1 Å². The van der Waals surface area contributed by atoms with Crippen molar-refractivity contribution in [2.24, 2.45) is 0 Å². The zero-order chi connectivity index (χ0) is 17.8. The Bertz CT molecular complexity index is 876. The van der Waals surface area contributed by atoms with E-state index in [1.807, 2.05) is 31.2 Å². The van der Waals surface area contributed by atoms with E-state index >= 15 is 0 Å². The van der Waals surface area contributed by atoms with Gasteiger partial charge in [0.25, 0.3) is 5.69 Å². The van der Waals surface area contributed by atoms with Crippen molar-refractivity contribution >= 4 is 11.4 Å². The molecule has 2 aromatic carbocycles. The van der Waals surface area contributed by atoms with Gasteiger partial charge in [0.15, 0.2) is 0 Å². The molecule has 0 saturated carbocycles. The molecule has 0 bridgehead atoms. The van der Waals surface area contributed by atoms with Crippen molar-refractivity contribution in [3.63, 3.8) is 0 Å². The fourth-order valence-electron chi connectivity index (χ4n) is 2.31. The van der Waals surface area contributed by atoms with E-state index in [-0.39, 0.29) is 11.7 Å². The summed E-state index contributed by atoms with van der Waals surface area (Å²) < 4.78 is 11.0. The van der Waals surface area contributed by atoms with Crippen molar-refractivity contribution in [2.75, 3.05) is 12.4 Å². The first-order chi connectivity index (χ1) is 12.1. The molecule has 0 saturated heterocycles. The first-order valence-electron chi connectivity index (χ1n) is 7.56. The largest absolute Gasteiger partial charge is 0.495 e. The molecule has 8 heteroatoms. The molecular formula is C17H16N4O4. The number of aromatic nitrogens is 2.